The molecule has 0 spiro atoms. The van der Waals surface area contributed by atoms with Gasteiger partial charge in [0.1, 0.15) is 17.4 Å². The fraction of sp³-hybridized carbons (Fsp3) is 0.250. The van der Waals surface area contributed by atoms with Gasteiger partial charge in [0.15, 0.2) is 0 Å². The van der Waals surface area contributed by atoms with E-state index in [0.29, 0.717) is 6.61 Å². The summed E-state index contributed by atoms with van der Waals surface area (Å²) in [6, 6.07) is 9.20. The van der Waals surface area contributed by atoms with Gasteiger partial charge in [-0.25, -0.2) is 8.78 Å². The number of para-hydroxylation sites is 1. The third-order valence-electron chi connectivity index (χ3n) is 3.79. The molecule has 2 aromatic carbocycles. The highest BCUT2D eigenvalue weighted by Crippen LogP contribution is 2.35. The summed E-state index contributed by atoms with van der Waals surface area (Å²) in [5.41, 5.74) is 4.59. The van der Waals surface area contributed by atoms with E-state index in [1.807, 2.05) is 18.2 Å². The summed E-state index contributed by atoms with van der Waals surface area (Å²) in [6.45, 7) is 0.623. The van der Waals surface area contributed by atoms with Crippen LogP contribution < -0.4 is 16.0 Å². The van der Waals surface area contributed by atoms with Gasteiger partial charge >= 0.3 is 0 Å². The summed E-state index contributed by atoms with van der Waals surface area (Å²) < 4.78 is 33.2. The Morgan fingerprint density at radius 1 is 1.14 bits per heavy atom. The van der Waals surface area contributed by atoms with Gasteiger partial charge < -0.3 is 4.74 Å². The summed E-state index contributed by atoms with van der Waals surface area (Å²) in [4.78, 5) is 0. The lowest BCUT2D eigenvalue weighted by atomic mass is 9.96. The van der Waals surface area contributed by atoms with E-state index in [1.165, 1.54) is 18.2 Å². The van der Waals surface area contributed by atoms with Gasteiger partial charge in [0.2, 0.25) is 0 Å². The third-order valence-corrected chi connectivity index (χ3v) is 3.79. The second-order valence-corrected chi connectivity index (χ2v) is 5.06. The lowest BCUT2D eigenvalue weighted by Crippen LogP contribution is -2.30. The Labute approximate surface area is 121 Å². The summed E-state index contributed by atoms with van der Waals surface area (Å²) >= 11 is 0. The smallest absolute Gasteiger partial charge is 0.129 e. The molecule has 1 aliphatic rings. The van der Waals surface area contributed by atoms with E-state index in [-0.39, 0.29) is 12.0 Å². The molecule has 0 bridgehead atoms. The van der Waals surface area contributed by atoms with Crippen LogP contribution >= 0.6 is 0 Å². The van der Waals surface area contributed by atoms with Crippen LogP contribution in [0.3, 0.4) is 0 Å². The monoisotopic (exact) mass is 290 g/mol. The van der Waals surface area contributed by atoms with Crippen LogP contribution in [-0.2, 0) is 12.8 Å². The lowest BCUT2D eigenvalue weighted by molar-refractivity contribution is 0.347. The molecule has 0 amide bonds. The first-order valence-electron chi connectivity index (χ1n) is 6.84. The number of hydrogen-bond donors (Lipinski definition) is 2. The first-order valence-corrected chi connectivity index (χ1v) is 6.84. The molecule has 3 N–H and O–H groups in total. The van der Waals surface area contributed by atoms with Crippen molar-refractivity contribution in [2.24, 2.45) is 5.84 Å². The average molecular weight is 290 g/mol. The van der Waals surface area contributed by atoms with Crippen LogP contribution in [0.5, 0.6) is 5.75 Å². The Bertz CT molecular complexity index is 640. The normalized spacial score (nSPS) is 14.6. The van der Waals surface area contributed by atoms with Gasteiger partial charge in [-0.15, -0.1) is 0 Å². The Balaban J connectivity index is 1.95. The number of halogens is 2. The quantitative estimate of drug-likeness (QED) is 0.672. The Kier molecular flexibility index (Phi) is 3.86. The molecule has 0 aliphatic carbocycles. The van der Waals surface area contributed by atoms with Crippen LogP contribution in [0, 0.1) is 11.6 Å². The van der Waals surface area contributed by atoms with Crippen molar-refractivity contribution in [3.63, 3.8) is 0 Å². The molecule has 0 saturated heterocycles. The van der Waals surface area contributed by atoms with E-state index in [1.54, 1.807) is 0 Å². The number of benzene rings is 2. The van der Waals surface area contributed by atoms with Gasteiger partial charge in [-0.3, -0.25) is 11.3 Å². The van der Waals surface area contributed by atoms with Crippen molar-refractivity contribution in [2.45, 2.75) is 18.9 Å². The van der Waals surface area contributed by atoms with Crippen molar-refractivity contribution in [2.75, 3.05) is 6.61 Å². The highest BCUT2D eigenvalue weighted by Gasteiger charge is 2.23. The molecule has 0 saturated carbocycles. The number of hydrogen-bond acceptors (Lipinski definition) is 3. The van der Waals surface area contributed by atoms with Gasteiger partial charge in [0.25, 0.3) is 0 Å². The molecule has 1 atom stereocenters. The minimum absolute atomic E-state index is 0.0241. The Morgan fingerprint density at radius 2 is 1.86 bits per heavy atom. The Hall–Kier alpha value is -1.98. The second kappa shape index (κ2) is 5.79. The molecular formula is C16H16F2N2O. The molecule has 1 heterocycles. The zero-order chi connectivity index (χ0) is 14.8. The fourth-order valence-electron chi connectivity index (χ4n) is 2.71. The predicted octanol–water partition coefficient (Wildman–Crippen LogP) is 2.65. The van der Waals surface area contributed by atoms with Crippen molar-refractivity contribution >= 4 is 0 Å². The van der Waals surface area contributed by atoms with Crippen LogP contribution in [-0.4, -0.2) is 6.61 Å². The van der Waals surface area contributed by atoms with Crippen molar-refractivity contribution in [1.29, 1.82) is 0 Å². The molecule has 3 rings (SSSR count). The van der Waals surface area contributed by atoms with E-state index in [9.17, 15) is 8.78 Å². The van der Waals surface area contributed by atoms with E-state index in [4.69, 9.17) is 10.6 Å². The highest BCUT2D eigenvalue weighted by molar-refractivity contribution is 5.46. The molecule has 0 aromatic heterocycles. The van der Waals surface area contributed by atoms with E-state index in [0.717, 1.165) is 23.3 Å². The van der Waals surface area contributed by atoms with Crippen LogP contribution in [0.1, 0.15) is 22.7 Å². The van der Waals surface area contributed by atoms with Crippen LogP contribution in [0.15, 0.2) is 36.4 Å². The number of nitrogens with two attached hydrogens (primary N) is 1. The average Bonchev–Trinajstić information content (AvgIpc) is 2.96. The zero-order valence-electron chi connectivity index (χ0n) is 11.4. The Morgan fingerprint density at radius 3 is 2.57 bits per heavy atom. The minimum atomic E-state index is -0.566. The molecule has 3 nitrogen and oxygen atoms in total. The van der Waals surface area contributed by atoms with Gasteiger partial charge in [-0.05, 0) is 24.1 Å². The van der Waals surface area contributed by atoms with E-state index >= 15 is 0 Å². The standard InChI is InChI=1S/C16H16F2N2O/c17-13-5-2-6-14(18)12(13)9-15(20-19)11-4-1-3-10-7-8-21-16(10)11/h1-6,15,20H,7-9,19H2. The molecule has 5 heteroatoms. The molecule has 1 aliphatic heterocycles. The van der Waals surface area contributed by atoms with E-state index < -0.39 is 17.7 Å². The zero-order valence-corrected chi connectivity index (χ0v) is 11.4. The van der Waals surface area contributed by atoms with Crippen molar-refractivity contribution < 1.29 is 13.5 Å². The van der Waals surface area contributed by atoms with Gasteiger partial charge in [0.05, 0.1) is 12.6 Å². The SMILES string of the molecule is NNC(Cc1c(F)cccc1F)c1cccc2c1OCC2. The number of ether oxygens (including phenoxy) is 1. The number of fused-ring (bicyclic) bond motifs is 1. The van der Waals surface area contributed by atoms with Crippen molar-refractivity contribution in [3.8, 4) is 5.75 Å². The molecule has 2 aromatic rings. The maximum absolute atomic E-state index is 13.8. The summed E-state index contributed by atoms with van der Waals surface area (Å²) in [6.07, 6.45) is 0.962. The van der Waals surface area contributed by atoms with Crippen LogP contribution in [0.2, 0.25) is 0 Å². The first kappa shape index (κ1) is 14.0. The first-order chi connectivity index (χ1) is 10.2. The fourth-order valence-corrected chi connectivity index (χ4v) is 2.71. The highest BCUT2D eigenvalue weighted by atomic mass is 19.1. The number of nitrogens with one attached hydrogen (secondary N) is 1. The predicted molar refractivity (Wildman–Crippen MR) is 75.8 cm³/mol. The minimum Gasteiger partial charge on any atom is -0.493 e. The van der Waals surface area contributed by atoms with E-state index in [2.05, 4.69) is 5.43 Å². The number of rotatable bonds is 4. The summed E-state index contributed by atoms with van der Waals surface area (Å²) in [5.74, 6) is 5.24. The molecule has 0 fully saturated rings. The van der Waals surface area contributed by atoms with Gasteiger partial charge in [-0.1, -0.05) is 24.3 Å². The maximum Gasteiger partial charge on any atom is 0.129 e. The van der Waals surface area contributed by atoms with Crippen molar-refractivity contribution in [1.82, 2.24) is 5.43 Å². The van der Waals surface area contributed by atoms with Gasteiger partial charge in [0, 0.05) is 17.5 Å². The molecule has 1 unspecified atom stereocenters. The second-order valence-electron chi connectivity index (χ2n) is 5.06. The molecule has 21 heavy (non-hydrogen) atoms. The van der Waals surface area contributed by atoms with Crippen molar-refractivity contribution in [3.05, 3.63) is 64.7 Å². The lowest BCUT2D eigenvalue weighted by Gasteiger charge is -2.19. The molecule has 0 radical (unpaired) electrons. The van der Waals surface area contributed by atoms with Crippen LogP contribution in [0.25, 0.3) is 0 Å². The third kappa shape index (κ3) is 2.62. The largest absolute Gasteiger partial charge is 0.493 e. The number of hydrazine groups is 1. The molecule has 110 valence electrons. The summed E-state index contributed by atoms with van der Waals surface area (Å²) in [5, 5.41) is 0. The van der Waals surface area contributed by atoms with Crippen LogP contribution in [0.4, 0.5) is 8.78 Å². The molecular weight excluding hydrogens is 274 g/mol. The maximum atomic E-state index is 13.8. The van der Waals surface area contributed by atoms with Gasteiger partial charge in [-0.2, -0.15) is 0 Å². The topological polar surface area (TPSA) is 47.3 Å². The summed E-state index contributed by atoms with van der Waals surface area (Å²) in [7, 11) is 0.